The minimum absolute atomic E-state index is 0.0879. The van der Waals surface area contributed by atoms with Crippen LogP contribution in [-0.2, 0) is 17.9 Å². The van der Waals surface area contributed by atoms with Gasteiger partial charge in [0.2, 0.25) is 5.91 Å². The van der Waals surface area contributed by atoms with Crippen molar-refractivity contribution < 1.29 is 9.59 Å². The normalized spacial score (nSPS) is 22.1. The maximum Gasteiger partial charge on any atom is 0.253 e. The maximum atomic E-state index is 12.8. The molecule has 3 heterocycles. The quantitative estimate of drug-likeness (QED) is 0.818. The first-order chi connectivity index (χ1) is 13.7. The van der Waals surface area contributed by atoms with E-state index in [2.05, 4.69) is 14.8 Å². The van der Waals surface area contributed by atoms with Gasteiger partial charge in [0.15, 0.2) is 5.82 Å². The Hall–Kier alpha value is -2.70. The van der Waals surface area contributed by atoms with Gasteiger partial charge < -0.3 is 14.4 Å². The first-order valence-electron chi connectivity index (χ1n) is 10.3. The van der Waals surface area contributed by atoms with E-state index in [1.807, 2.05) is 40.1 Å². The molecule has 5 rings (SSSR count). The number of amides is 2. The molecule has 0 spiro atoms. The summed E-state index contributed by atoms with van der Waals surface area (Å²) in [6, 6.07) is 9.47. The first kappa shape index (κ1) is 17.4. The van der Waals surface area contributed by atoms with Crippen molar-refractivity contribution in [3.8, 4) is 0 Å². The number of nitrogens with zero attached hydrogens (tertiary/aromatic N) is 5. The average Bonchev–Trinajstić information content (AvgIpc) is 3.52. The van der Waals surface area contributed by atoms with Crippen molar-refractivity contribution in [2.75, 3.05) is 19.6 Å². The van der Waals surface area contributed by atoms with Gasteiger partial charge in [-0.1, -0.05) is 18.2 Å². The maximum absolute atomic E-state index is 12.8. The molecule has 0 N–H and O–H groups in total. The van der Waals surface area contributed by atoms with E-state index in [0.29, 0.717) is 13.1 Å². The Bertz CT molecular complexity index is 889. The molecule has 2 aromatic rings. The molecule has 0 radical (unpaired) electrons. The zero-order valence-corrected chi connectivity index (χ0v) is 16.0. The summed E-state index contributed by atoms with van der Waals surface area (Å²) in [4.78, 5) is 29.1. The second-order valence-electron chi connectivity index (χ2n) is 8.12. The third-order valence-corrected chi connectivity index (χ3v) is 6.11. The third-order valence-electron chi connectivity index (χ3n) is 6.11. The fourth-order valence-corrected chi connectivity index (χ4v) is 4.39. The lowest BCUT2D eigenvalue weighted by atomic mass is 9.96. The van der Waals surface area contributed by atoms with Crippen LogP contribution < -0.4 is 0 Å². The molecular formula is C21H25N5O2. The van der Waals surface area contributed by atoms with Crippen molar-refractivity contribution in [2.24, 2.45) is 5.92 Å². The van der Waals surface area contributed by atoms with Crippen molar-refractivity contribution >= 4 is 11.8 Å². The second-order valence-corrected chi connectivity index (χ2v) is 8.12. The van der Waals surface area contributed by atoms with Gasteiger partial charge in [-0.15, -0.1) is 10.2 Å². The molecule has 1 saturated carbocycles. The molecule has 1 unspecified atom stereocenters. The van der Waals surface area contributed by atoms with Crippen molar-refractivity contribution in [1.82, 2.24) is 24.6 Å². The molecular weight excluding hydrogens is 354 g/mol. The SMILES string of the molecule is O=C(c1ccccc1)N1CCCC(c2nnc3n2CCN(C(=O)C2CC2)C3)C1. The largest absolute Gasteiger partial charge is 0.338 e. The number of fused-ring (bicyclic) bond motifs is 1. The van der Waals surface area contributed by atoms with E-state index in [9.17, 15) is 9.59 Å². The number of benzene rings is 1. The molecule has 1 saturated heterocycles. The van der Waals surface area contributed by atoms with Crippen LogP contribution in [-0.4, -0.2) is 56.0 Å². The third kappa shape index (κ3) is 3.19. The predicted molar refractivity (Wildman–Crippen MR) is 102 cm³/mol. The van der Waals surface area contributed by atoms with E-state index in [1.165, 1.54) is 0 Å². The van der Waals surface area contributed by atoms with Crippen LogP contribution >= 0.6 is 0 Å². The summed E-state index contributed by atoms with van der Waals surface area (Å²) in [6.07, 6.45) is 4.04. The minimum Gasteiger partial charge on any atom is -0.338 e. The highest BCUT2D eigenvalue weighted by Crippen LogP contribution is 2.33. The average molecular weight is 379 g/mol. The Morgan fingerprint density at radius 1 is 0.929 bits per heavy atom. The highest BCUT2D eigenvalue weighted by atomic mass is 16.2. The lowest BCUT2D eigenvalue weighted by molar-refractivity contribution is -0.134. The van der Waals surface area contributed by atoms with Gasteiger partial charge in [-0.25, -0.2) is 0 Å². The molecule has 28 heavy (non-hydrogen) atoms. The molecule has 7 nitrogen and oxygen atoms in total. The van der Waals surface area contributed by atoms with Crippen LogP contribution in [0.5, 0.6) is 0 Å². The number of likely N-dealkylation sites (tertiary alicyclic amines) is 1. The summed E-state index contributed by atoms with van der Waals surface area (Å²) in [5.41, 5.74) is 0.737. The van der Waals surface area contributed by atoms with Gasteiger partial charge in [0, 0.05) is 43.6 Å². The summed E-state index contributed by atoms with van der Waals surface area (Å²) in [5.74, 6) is 2.65. The Labute approximate surface area is 164 Å². The monoisotopic (exact) mass is 379 g/mol. The lowest BCUT2D eigenvalue weighted by Gasteiger charge is -2.34. The number of carbonyl (C=O) groups is 2. The van der Waals surface area contributed by atoms with Crippen LogP contribution in [0.15, 0.2) is 30.3 Å². The summed E-state index contributed by atoms with van der Waals surface area (Å²) in [7, 11) is 0. The van der Waals surface area contributed by atoms with E-state index in [4.69, 9.17) is 0 Å². The minimum atomic E-state index is 0.0879. The fourth-order valence-electron chi connectivity index (χ4n) is 4.39. The number of aromatic nitrogens is 3. The zero-order valence-electron chi connectivity index (χ0n) is 16.0. The molecule has 2 fully saturated rings. The van der Waals surface area contributed by atoms with Crippen LogP contribution in [0.4, 0.5) is 0 Å². The molecule has 0 bridgehead atoms. The van der Waals surface area contributed by atoms with Gasteiger partial charge in [0.05, 0.1) is 6.54 Å². The highest BCUT2D eigenvalue weighted by molar-refractivity contribution is 5.94. The van der Waals surface area contributed by atoms with Crippen molar-refractivity contribution in [3.05, 3.63) is 47.5 Å². The van der Waals surface area contributed by atoms with E-state index in [1.54, 1.807) is 0 Å². The van der Waals surface area contributed by atoms with Crippen LogP contribution in [0.1, 0.15) is 53.6 Å². The second kappa shape index (κ2) is 7.04. The lowest BCUT2D eigenvalue weighted by Crippen LogP contribution is -2.42. The van der Waals surface area contributed by atoms with Crippen LogP contribution in [0.2, 0.25) is 0 Å². The van der Waals surface area contributed by atoms with Crippen LogP contribution in [0.25, 0.3) is 0 Å². The van der Waals surface area contributed by atoms with E-state index in [0.717, 1.165) is 62.5 Å². The zero-order chi connectivity index (χ0) is 19.1. The van der Waals surface area contributed by atoms with Gasteiger partial charge in [0.25, 0.3) is 5.91 Å². The van der Waals surface area contributed by atoms with Gasteiger partial charge in [0.1, 0.15) is 5.82 Å². The smallest absolute Gasteiger partial charge is 0.253 e. The molecule has 1 atom stereocenters. The number of carbonyl (C=O) groups excluding carboxylic acids is 2. The number of hydrogen-bond donors (Lipinski definition) is 0. The van der Waals surface area contributed by atoms with Crippen molar-refractivity contribution in [1.29, 1.82) is 0 Å². The van der Waals surface area contributed by atoms with E-state index in [-0.39, 0.29) is 23.7 Å². The van der Waals surface area contributed by atoms with Crippen molar-refractivity contribution in [2.45, 2.75) is 44.7 Å². The first-order valence-corrected chi connectivity index (χ1v) is 10.3. The Morgan fingerprint density at radius 2 is 1.75 bits per heavy atom. The van der Waals surface area contributed by atoms with E-state index >= 15 is 0 Å². The molecule has 146 valence electrons. The Kier molecular flexibility index (Phi) is 4.37. The van der Waals surface area contributed by atoms with Gasteiger partial charge in [-0.05, 0) is 37.8 Å². The summed E-state index contributed by atoms with van der Waals surface area (Å²) >= 11 is 0. The van der Waals surface area contributed by atoms with Crippen molar-refractivity contribution in [3.63, 3.8) is 0 Å². The predicted octanol–water partition coefficient (Wildman–Crippen LogP) is 2.05. The highest BCUT2D eigenvalue weighted by Gasteiger charge is 2.36. The Morgan fingerprint density at radius 3 is 2.54 bits per heavy atom. The molecule has 2 amide bonds. The Balaban J connectivity index is 1.30. The molecule has 3 aliphatic rings. The summed E-state index contributed by atoms with van der Waals surface area (Å²) in [6.45, 7) is 3.50. The van der Waals surface area contributed by atoms with Gasteiger partial charge >= 0.3 is 0 Å². The fraction of sp³-hybridized carbons (Fsp3) is 0.524. The number of rotatable bonds is 3. The van der Waals surface area contributed by atoms with E-state index < -0.39 is 0 Å². The number of piperidine rings is 1. The molecule has 1 aromatic heterocycles. The van der Waals surface area contributed by atoms with Crippen LogP contribution in [0, 0.1) is 5.92 Å². The molecule has 1 aromatic carbocycles. The summed E-state index contributed by atoms with van der Waals surface area (Å²) in [5, 5.41) is 8.87. The van der Waals surface area contributed by atoms with Crippen LogP contribution in [0.3, 0.4) is 0 Å². The molecule has 7 heteroatoms. The molecule has 2 aliphatic heterocycles. The van der Waals surface area contributed by atoms with Gasteiger partial charge in [-0.3, -0.25) is 9.59 Å². The standard InChI is InChI=1S/C21H25N5O2/c27-20(15-5-2-1-3-6-15)24-10-4-7-17(13-24)19-23-22-18-14-25(11-12-26(18)19)21(28)16-8-9-16/h1-3,5-6,16-17H,4,7-14H2. The summed E-state index contributed by atoms with van der Waals surface area (Å²) < 4.78 is 2.18. The van der Waals surface area contributed by atoms with Gasteiger partial charge in [-0.2, -0.15) is 0 Å². The number of hydrogen-bond acceptors (Lipinski definition) is 4. The topological polar surface area (TPSA) is 71.3 Å². The molecule has 1 aliphatic carbocycles.